The van der Waals surface area contributed by atoms with Gasteiger partial charge in [0.05, 0.1) is 18.1 Å². The van der Waals surface area contributed by atoms with Gasteiger partial charge in [0.25, 0.3) is 5.91 Å². The zero-order valence-electron chi connectivity index (χ0n) is 14.3. The Morgan fingerprint density at radius 3 is 2.85 bits per heavy atom. The molecule has 0 spiro atoms. The average molecular weight is 352 g/mol. The molecule has 7 nitrogen and oxygen atoms in total. The number of furan rings is 1. The normalized spacial score (nSPS) is 15.2. The molecule has 7 heteroatoms. The minimum absolute atomic E-state index is 0.221. The maximum Gasteiger partial charge on any atom is 0.273 e. The Labute approximate surface area is 151 Å². The first kappa shape index (κ1) is 16.4. The number of rotatable bonds is 5. The first-order valence-electron chi connectivity index (χ1n) is 8.73. The Balaban J connectivity index is 1.27. The van der Waals surface area contributed by atoms with Gasteiger partial charge in [-0.05, 0) is 43.0 Å². The Hall–Kier alpha value is -3.09. The molecule has 1 amide bonds. The van der Waals surface area contributed by atoms with Gasteiger partial charge in [-0.15, -0.1) is 0 Å². The molecule has 4 heterocycles. The van der Waals surface area contributed by atoms with E-state index in [1.165, 1.54) is 0 Å². The maximum atomic E-state index is 12.3. The van der Waals surface area contributed by atoms with Crippen molar-refractivity contribution in [2.45, 2.75) is 12.8 Å². The number of nitrogens with zero attached hydrogens (tertiary/aromatic N) is 3. The molecule has 1 aliphatic heterocycles. The van der Waals surface area contributed by atoms with Crippen LogP contribution in [0.1, 0.15) is 23.3 Å². The van der Waals surface area contributed by atoms with Crippen LogP contribution >= 0.6 is 0 Å². The summed E-state index contributed by atoms with van der Waals surface area (Å²) in [6, 6.07) is 9.15. The maximum absolute atomic E-state index is 12.3. The molecule has 0 aromatic carbocycles. The molecule has 1 saturated heterocycles. The molecule has 1 N–H and O–H groups in total. The van der Waals surface area contributed by atoms with Crippen molar-refractivity contribution in [2.24, 2.45) is 5.92 Å². The molecule has 1 fully saturated rings. The summed E-state index contributed by atoms with van der Waals surface area (Å²) in [5.41, 5.74) is 1.42. The second-order valence-corrected chi connectivity index (χ2v) is 6.41. The smallest absolute Gasteiger partial charge is 0.273 e. The number of aromatic nitrogens is 2. The molecule has 3 aromatic rings. The minimum Gasteiger partial charge on any atom is -0.461 e. The Kier molecular flexibility index (Phi) is 4.68. The number of carbonyl (C=O) groups excluding carboxylic acids is 1. The van der Waals surface area contributed by atoms with Crippen LogP contribution in [0.5, 0.6) is 0 Å². The van der Waals surface area contributed by atoms with E-state index >= 15 is 0 Å². The number of hydrogen-bond donors (Lipinski definition) is 1. The van der Waals surface area contributed by atoms with Crippen LogP contribution in [0, 0.1) is 5.92 Å². The average Bonchev–Trinajstić information content (AvgIpc) is 3.39. The highest BCUT2D eigenvalue weighted by Gasteiger charge is 2.21. The van der Waals surface area contributed by atoms with E-state index in [1.54, 1.807) is 30.7 Å². The first-order valence-corrected chi connectivity index (χ1v) is 8.73. The van der Waals surface area contributed by atoms with Gasteiger partial charge in [-0.25, -0.2) is 0 Å². The summed E-state index contributed by atoms with van der Waals surface area (Å²) in [6.45, 7) is 2.58. The molecule has 0 saturated carbocycles. The Morgan fingerprint density at radius 2 is 2.12 bits per heavy atom. The summed E-state index contributed by atoms with van der Waals surface area (Å²) in [5.74, 6) is 1.24. The van der Waals surface area contributed by atoms with Crippen LogP contribution in [0.15, 0.2) is 57.9 Å². The van der Waals surface area contributed by atoms with E-state index in [4.69, 9.17) is 8.94 Å². The second-order valence-electron chi connectivity index (χ2n) is 6.41. The number of carbonyl (C=O) groups is 1. The summed E-state index contributed by atoms with van der Waals surface area (Å²) in [4.78, 5) is 18.8. The quantitative estimate of drug-likeness (QED) is 0.760. The van der Waals surface area contributed by atoms with Crippen LogP contribution in [-0.4, -0.2) is 35.7 Å². The van der Waals surface area contributed by atoms with Crippen LogP contribution < -0.4 is 10.2 Å². The van der Waals surface area contributed by atoms with E-state index in [1.807, 2.05) is 12.3 Å². The van der Waals surface area contributed by atoms with E-state index in [0.29, 0.717) is 24.0 Å². The Morgan fingerprint density at radius 1 is 1.23 bits per heavy atom. The molecule has 0 radical (unpaired) electrons. The van der Waals surface area contributed by atoms with Gasteiger partial charge in [0.15, 0.2) is 11.5 Å². The van der Waals surface area contributed by atoms with Gasteiger partial charge in [0, 0.05) is 31.9 Å². The van der Waals surface area contributed by atoms with Crippen molar-refractivity contribution in [1.29, 1.82) is 0 Å². The highest BCUT2D eigenvalue weighted by molar-refractivity contribution is 5.92. The molecule has 0 aliphatic carbocycles. The van der Waals surface area contributed by atoms with Gasteiger partial charge in [-0.2, -0.15) is 0 Å². The van der Waals surface area contributed by atoms with E-state index in [9.17, 15) is 4.79 Å². The van der Waals surface area contributed by atoms with Crippen molar-refractivity contribution in [2.75, 3.05) is 24.5 Å². The van der Waals surface area contributed by atoms with Gasteiger partial charge in [-0.1, -0.05) is 5.16 Å². The van der Waals surface area contributed by atoms with E-state index in [-0.39, 0.29) is 11.6 Å². The zero-order valence-corrected chi connectivity index (χ0v) is 14.3. The van der Waals surface area contributed by atoms with Gasteiger partial charge >= 0.3 is 0 Å². The lowest BCUT2D eigenvalue weighted by atomic mass is 9.96. The lowest BCUT2D eigenvalue weighted by Gasteiger charge is -2.33. The van der Waals surface area contributed by atoms with Gasteiger partial charge in [-0.3, -0.25) is 9.78 Å². The number of amides is 1. The highest BCUT2D eigenvalue weighted by atomic mass is 16.5. The third-order valence-electron chi connectivity index (χ3n) is 4.68. The summed E-state index contributed by atoms with van der Waals surface area (Å²) in [7, 11) is 0. The first-order chi connectivity index (χ1) is 12.8. The molecule has 3 aromatic heterocycles. The summed E-state index contributed by atoms with van der Waals surface area (Å²) in [6.07, 6.45) is 7.29. The van der Waals surface area contributed by atoms with Crippen LogP contribution in [0.4, 0.5) is 5.69 Å². The number of nitrogens with one attached hydrogen (secondary N) is 1. The molecule has 1 aliphatic rings. The second kappa shape index (κ2) is 7.43. The molecule has 0 unspecified atom stereocenters. The van der Waals surface area contributed by atoms with Crippen LogP contribution in [0.3, 0.4) is 0 Å². The molecule has 134 valence electrons. The van der Waals surface area contributed by atoms with Crippen molar-refractivity contribution in [3.05, 3.63) is 54.7 Å². The number of pyridine rings is 1. The fraction of sp³-hybridized carbons (Fsp3) is 0.316. The lowest BCUT2D eigenvalue weighted by molar-refractivity contribution is 0.0936. The molecule has 26 heavy (non-hydrogen) atoms. The number of hydrogen-bond acceptors (Lipinski definition) is 6. The van der Waals surface area contributed by atoms with Crippen molar-refractivity contribution >= 4 is 11.6 Å². The topological polar surface area (TPSA) is 84.4 Å². The fourth-order valence-corrected chi connectivity index (χ4v) is 3.18. The fourth-order valence-electron chi connectivity index (χ4n) is 3.18. The van der Waals surface area contributed by atoms with E-state index < -0.39 is 0 Å². The monoisotopic (exact) mass is 352 g/mol. The summed E-state index contributed by atoms with van der Waals surface area (Å²) >= 11 is 0. The van der Waals surface area contributed by atoms with Crippen molar-refractivity contribution in [3.63, 3.8) is 0 Å². The molecule has 4 rings (SSSR count). The predicted molar refractivity (Wildman–Crippen MR) is 95.7 cm³/mol. The zero-order chi connectivity index (χ0) is 17.8. The van der Waals surface area contributed by atoms with Crippen molar-refractivity contribution < 1.29 is 13.7 Å². The highest BCUT2D eigenvalue weighted by Crippen LogP contribution is 2.23. The molecule has 0 atom stereocenters. The van der Waals surface area contributed by atoms with Crippen LogP contribution in [0.25, 0.3) is 11.5 Å². The minimum atomic E-state index is -0.221. The standard InChI is InChI=1S/C19H20N4O3/c24-19(16-11-18(26-22-16)17-4-2-10-25-17)21-12-14-5-8-23(9-6-14)15-3-1-7-20-13-15/h1-4,7,10-11,13-14H,5-6,8-9,12H2,(H,21,24). The van der Waals surface area contributed by atoms with Crippen molar-refractivity contribution in [3.8, 4) is 11.5 Å². The van der Waals surface area contributed by atoms with E-state index in [0.717, 1.165) is 31.6 Å². The predicted octanol–water partition coefficient (Wildman–Crippen LogP) is 2.98. The van der Waals surface area contributed by atoms with Crippen LogP contribution in [-0.2, 0) is 0 Å². The SMILES string of the molecule is O=C(NCC1CCN(c2cccnc2)CC1)c1cc(-c2ccco2)on1. The van der Waals surface area contributed by atoms with Crippen LogP contribution in [0.2, 0.25) is 0 Å². The van der Waals surface area contributed by atoms with Gasteiger partial charge in [0.1, 0.15) is 0 Å². The summed E-state index contributed by atoms with van der Waals surface area (Å²) in [5, 5.41) is 6.78. The third kappa shape index (κ3) is 3.61. The lowest BCUT2D eigenvalue weighted by Crippen LogP contribution is -2.38. The van der Waals surface area contributed by atoms with E-state index in [2.05, 4.69) is 26.4 Å². The summed E-state index contributed by atoms with van der Waals surface area (Å²) < 4.78 is 10.4. The molecule has 0 bridgehead atoms. The van der Waals surface area contributed by atoms with Crippen molar-refractivity contribution in [1.82, 2.24) is 15.5 Å². The number of piperidine rings is 1. The molecular formula is C19H20N4O3. The van der Waals surface area contributed by atoms with Gasteiger partial charge < -0.3 is 19.2 Å². The number of anilines is 1. The van der Waals surface area contributed by atoms with Gasteiger partial charge in [0.2, 0.25) is 5.76 Å². The molecular weight excluding hydrogens is 332 g/mol. The third-order valence-corrected chi connectivity index (χ3v) is 4.68. The Bertz CT molecular complexity index is 837. The largest absolute Gasteiger partial charge is 0.461 e.